The van der Waals surface area contributed by atoms with Crippen LogP contribution in [0.15, 0.2) is 188 Å². The van der Waals surface area contributed by atoms with Gasteiger partial charge in [-0.25, -0.2) is 0 Å². The summed E-state index contributed by atoms with van der Waals surface area (Å²) < 4.78 is 18.3. The quantitative estimate of drug-likeness (QED) is 0.124. The second kappa shape index (κ2) is 12.8. The molecule has 256 valence electrons. The zero-order valence-corrected chi connectivity index (χ0v) is 30.3. The molecule has 0 aromatic heterocycles. The van der Waals surface area contributed by atoms with Gasteiger partial charge in [0.1, 0.15) is 0 Å². The van der Waals surface area contributed by atoms with Crippen LogP contribution in [0.1, 0.15) is 38.8 Å². The van der Waals surface area contributed by atoms with E-state index >= 15 is 0 Å². The Morgan fingerprint density at radius 1 is 0.407 bits per heavy atom. The van der Waals surface area contributed by atoms with E-state index in [4.69, 9.17) is 2.74 Å². The van der Waals surface area contributed by atoms with Crippen molar-refractivity contribution in [2.75, 3.05) is 4.90 Å². The zero-order valence-electron chi connectivity index (χ0n) is 32.3. The lowest BCUT2D eigenvalue weighted by molar-refractivity contribution is 0.660. The third kappa shape index (κ3) is 5.40. The van der Waals surface area contributed by atoms with E-state index in [-0.39, 0.29) is 17.5 Å². The Labute approximate surface area is 319 Å². The lowest BCUT2D eigenvalue weighted by atomic mass is 9.82. The third-order valence-electron chi connectivity index (χ3n) is 11.2. The van der Waals surface area contributed by atoms with E-state index in [0.717, 1.165) is 39.0 Å². The molecule has 54 heavy (non-hydrogen) atoms. The molecule has 10 rings (SSSR count). The number of fused-ring (bicyclic) bond motifs is 7. The first kappa shape index (κ1) is 29.8. The first-order valence-corrected chi connectivity index (χ1v) is 18.7. The highest BCUT2D eigenvalue weighted by Gasteiger charge is 2.35. The molecule has 0 N–H and O–H groups in total. The predicted molar refractivity (Wildman–Crippen MR) is 232 cm³/mol. The van der Waals surface area contributed by atoms with Crippen molar-refractivity contribution >= 4 is 61.5 Å². The molecule has 0 radical (unpaired) electrons. The molecular weight excluding hydrogens is 651 g/mol. The number of hydrogen-bond donors (Lipinski definition) is 0. The zero-order chi connectivity index (χ0) is 38.0. The Kier molecular flexibility index (Phi) is 7.05. The van der Waals surface area contributed by atoms with Crippen LogP contribution in [0.25, 0.3) is 66.7 Å². The third-order valence-corrected chi connectivity index (χ3v) is 11.2. The normalized spacial score (nSPS) is 14.0. The fourth-order valence-corrected chi connectivity index (χ4v) is 8.48. The summed E-state index contributed by atoms with van der Waals surface area (Å²) in [6, 6.07) is 66.6. The summed E-state index contributed by atoms with van der Waals surface area (Å²) in [5, 5.41) is 7.12. The van der Waals surface area contributed by atoms with Gasteiger partial charge in [0, 0.05) is 22.5 Å². The van der Waals surface area contributed by atoms with Crippen LogP contribution in [0.5, 0.6) is 0 Å². The highest BCUT2D eigenvalue weighted by Crippen LogP contribution is 2.50. The monoisotopic (exact) mass is 691 g/mol. The van der Waals surface area contributed by atoms with Crippen molar-refractivity contribution in [3.05, 3.63) is 210 Å². The van der Waals surface area contributed by atoms with Gasteiger partial charge in [0.15, 0.2) is 0 Å². The molecule has 1 aliphatic rings. The molecule has 0 unspecified atom stereocenters. The Hall–Kier alpha value is -6.70. The van der Waals surface area contributed by atoms with Crippen LogP contribution in [-0.4, -0.2) is 0 Å². The Morgan fingerprint density at radius 2 is 1.02 bits per heavy atom. The van der Waals surface area contributed by atoms with Crippen molar-refractivity contribution in [3.8, 4) is 22.3 Å². The van der Waals surface area contributed by atoms with Crippen LogP contribution in [0.4, 0.5) is 17.1 Å². The maximum absolute atomic E-state index is 9.13. The van der Waals surface area contributed by atoms with Gasteiger partial charge in [0.25, 0.3) is 0 Å². The van der Waals surface area contributed by atoms with Crippen LogP contribution >= 0.6 is 0 Å². The minimum atomic E-state index is -0.110. The highest BCUT2D eigenvalue weighted by molar-refractivity contribution is 6.14. The minimum Gasteiger partial charge on any atom is -0.310 e. The standard InChI is InChI=1S/C53H39N/c1-53(2)51-19-11-10-18-48(51)49-31-30-44(35-52(49)53)54(42-13-4-3-5-14-42)43-28-23-36(24-29-43)20-21-37-22-25-39-33-41(27-26-38(39)32-37)50-34-40-12-6-7-15-45(40)46-16-8-9-17-47(46)50/h3-35H,1-2H3/b21-20+/i20D,21D. The molecule has 1 heteroatoms. The largest absolute Gasteiger partial charge is 0.310 e. The topological polar surface area (TPSA) is 3.24 Å². The summed E-state index contributed by atoms with van der Waals surface area (Å²) in [5.41, 5.74) is 12.1. The summed E-state index contributed by atoms with van der Waals surface area (Å²) in [6.07, 6.45) is 0. The summed E-state index contributed by atoms with van der Waals surface area (Å²) in [7, 11) is 0. The van der Waals surface area contributed by atoms with Crippen LogP contribution < -0.4 is 4.90 Å². The molecule has 0 heterocycles. The number of benzene rings is 9. The minimum absolute atomic E-state index is 0.110. The van der Waals surface area contributed by atoms with Crippen molar-refractivity contribution < 1.29 is 2.74 Å². The molecule has 1 aliphatic carbocycles. The summed E-state index contributed by atoms with van der Waals surface area (Å²) in [4.78, 5) is 2.27. The van der Waals surface area contributed by atoms with Gasteiger partial charge in [0.2, 0.25) is 0 Å². The van der Waals surface area contributed by atoms with Crippen LogP contribution in [0.3, 0.4) is 0 Å². The lowest BCUT2D eigenvalue weighted by Crippen LogP contribution is -2.16. The molecule has 0 amide bonds. The molecule has 9 aromatic carbocycles. The Balaban J connectivity index is 0.974. The van der Waals surface area contributed by atoms with Crippen LogP contribution in [0.2, 0.25) is 0 Å². The van der Waals surface area contributed by atoms with E-state index < -0.39 is 0 Å². The van der Waals surface area contributed by atoms with Gasteiger partial charge >= 0.3 is 0 Å². The van der Waals surface area contributed by atoms with Gasteiger partial charge in [-0.1, -0.05) is 159 Å². The highest BCUT2D eigenvalue weighted by atomic mass is 15.1. The maximum Gasteiger partial charge on any atom is 0.0629 e. The fraction of sp³-hybridized carbons (Fsp3) is 0.0566. The van der Waals surface area contributed by atoms with Gasteiger partial charge < -0.3 is 4.90 Å². The maximum atomic E-state index is 9.13. The first-order valence-electron chi connectivity index (χ1n) is 19.7. The van der Waals surface area contributed by atoms with E-state index in [1.807, 2.05) is 30.3 Å². The smallest absolute Gasteiger partial charge is 0.0629 e. The molecule has 0 atom stereocenters. The number of anilines is 3. The van der Waals surface area contributed by atoms with Crippen molar-refractivity contribution in [1.82, 2.24) is 0 Å². The van der Waals surface area contributed by atoms with Crippen molar-refractivity contribution in [3.63, 3.8) is 0 Å². The Morgan fingerprint density at radius 3 is 1.87 bits per heavy atom. The number of hydrogen-bond acceptors (Lipinski definition) is 1. The van der Waals surface area contributed by atoms with Crippen molar-refractivity contribution in [2.24, 2.45) is 0 Å². The van der Waals surface area contributed by atoms with Crippen LogP contribution in [0, 0.1) is 0 Å². The summed E-state index contributed by atoms with van der Waals surface area (Å²) >= 11 is 0. The van der Waals surface area contributed by atoms with E-state index in [2.05, 4.69) is 176 Å². The van der Waals surface area contributed by atoms with E-state index in [0.29, 0.717) is 5.56 Å². The second-order valence-corrected chi connectivity index (χ2v) is 14.8. The summed E-state index contributed by atoms with van der Waals surface area (Å²) in [5.74, 6) is 0. The SMILES string of the molecule is [2H]/C(=C(/[2H])c1ccc2cc(-c3cc4ccccc4c4ccccc34)ccc2c1)c1ccc(N(c2ccccc2)c2ccc3c(c2)C(C)(C)c2ccccc2-3)cc1. The van der Waals surface area contributed by atoms with Crippen LogP contribution in [-0.2, 0) is 5.41 Å². The average molecular weight is 692 g/mol. The molecule has 0 bridgehead atoms. The van der Waals surface area contributed by atoms with E-state index in [1.54, 1.807) is 0 Å². The van der Waals surface area contributed by atoms with Crippen molar-refractivity contribution in [2.45, 2.75) is 19.3 Å². The number of para-hydroxylation sites is 1. The Bertz CT molecular complexity index is 3010. The molecule has 0 spiro atoms. The van der Waals surface area contributed by atoms with Gasteiger partial charge in [-0.3, -0.25) is 0 Å². The molecular formula is C53H39N. The van der Waals surface area contributed by atoms with Gasteiger partial charge in [-0.15, -0.1) is 0 Å². The average Bonchev–Trinajstić information content (AvgIpc) is 3.48. The van der Waals surface area contributed by atoms with E-state index in [1.165, 1.54) is 49.4 Å². The first-order chi connectivity index (χ1) is 27.3. The van der Waals surface area contributed by atoms with Gasteiger partial charge in [0.05, 0.1) is 2.74 Å². The van der Waals surface area contributed by atoms with Gasteiger partial charge in [-0.2, -0.15) is 0 Å². The molecule has 9 aromatic rings. The van der Waals surface area contributed by atoms with Gasteiger partial charge in [-0.05, 0) is 131 Å². The molecule has 0 fully saturated rings. The van der Waals surface area contributed by atoms with E-state index in [9.17, 15) is 0 Å². The second-order valence-electron chi connectivity index (χ2n) is 14.8. The predicted octanol–water partition coefficient (Wildman–Crippen LogP) is 14.8. The molecule has 1 nitrogen and oxygen atoms in total. The molecule has 0 saturated heterocycles. The lowest BCUT2D eigenvalue weighted by Gasteiger charge is -2.28. The molecule has 0 aliphatic heterocycles. The summed E-state index contributed by atoms with van der Waals surface area (Å²) in [6.45, 7) is 4.62. The fourth-order valence-electron chi connectivity index (χ4n) is 8.48. The molecule has 0 saturated carbocycles. The number of rotatable bonds is 6. The van der Waals surface area contributed by atoms with Crippen molar-refractivity contribution in [1.29, 1.82) is 0 Å². The number of nitrogens with zero attached hydrogens (tertiary/aromatic N) is 1.